The summed E-state index contributed by atoms with van der Waals surface area (Å²) in [5.74, 6) is -2.58. The Kier molecular flexibility index (Phi) is 8.07. The highest BCUT2D eigenvalue weighted by molar-refractivity contribution is 5.37. The summed E-state index contributed by atoms with van der Waals surface area (Å²) in [6, 6.07) is 0. The maximum absolute atomic E-state index is 8.84. The first-order chi connectivity index (χ1) is 11.5. The quantitative estimate of drug-likeness (QED) is 0.452. The van der Waals surface area contributed by atoms with Crippen molar-refractivity contribution in [3.63, 3.8) is 0 Å². The molecule has 1 aliphatic rings. The van der Waals surface area contributed by atoms with Gasteiger partial charge in [0, 0.05) is 6.42 Å². The van der Waals surface area contributed by atoms with Gasteiger partial charge in [0.05, 0.1) is 0 Å². The summed E-state index contributed by atoms with van der Waals surface area (Å²) in [5, 5.41) is 26.5. The number of hydrogen-bond donors (Lipinski definition) is 3. The maximum Gasteiger partial charge on any atom is 0.275 e. The van der Waals surface area contributed by atoms with Crippen LogP contribution in [0.15, 0.2) is 58.7 Å². The molecule has 0 fully saturated rings. The Morgan fingerprint density at radius 3 is 2.40 bits per heavy atom. The van der Waals surface area contributed by atoms with Gasteiger partial charge < -0.3 is 15.3 Å². The predicted molar refractivity (Wildman–Crippen MR) is 105 cm³/mol. The minimum atomic E-state index is -2.58. The molecule has 0 unspecified atom stereocenters. The molecule has 0 aliphatic heterocycles. The molecule has 0 aromatic rings. The van der Waals surface area contributed by atoms with Crippen LogP contribution >= 0.6 is 0 Å². The van der Waals surface area contributed by atoms with E-state index in [1.165, 1.54) is 36.0 Å². The molecule has 3 N–H and O–H groups in total. The number of allylic oxidation sites excluding steroid dienone is 10. The molecule has 0 atom stereocenters. The Balaban J connectivity index is 2.65. The summed E-state index contributed by atoms with van der Waals surface area (Å²) < 4.78 is 0. The van der Waals surface area contributed by atoms with Crippen LogP contribution in [0.3, 0.4) is 0 Å². The van der Waals surface area contributed by atoms with Gasteiger partial charge in [0.1, 0.15) is 0 Å². The molecule has 0 bridgehead atoms. The summed E-state index contributed by atoms with van der Waals surface area (Å²) in [7, 11) is 0. The average Bonchev–Trinajstić information content (AvgIpc) is 2.44. The van der Waals surface area contributed by atoms with E-state index < -0.39 is 5.97 Å². The summed E-state index contributed by atoms with van der Waals surface area (Å²) >= 11 is 0. The molecular formula is C22H34O3. The van der Waals surface area contributed by atoms with E-state index in [1.54, 1.807) is 0 Å². The third kappa shape index (κ3) is 8.48. The minimum absolute atomic E-state index is 0.0972. The van der Waals surface area contributed by atoms with Crippen molar-refractivity contribution < 1.29 is 15.3 Å². The van der Waals surface area contributed by atoms with E-state index in [4.69, 9.17) is 15.3 Å². The summed E-state index contributed by atoms with van der Waals surface area (Å²) in [6.07, 6.45) is 16.4. The highest BCUT2D eigenvalue weighted by atomic mass is 16.7. The highest BCUT2D eigenvalue weighted by Crippen LogP contribution is 2.40. The molecule has 1 rings (SSSR count). The lowest BCUT2D eigenvalue weighted by Gasteiger charge is -2.32. The molecule has 140 valence electrons. The molecule has 0 aromatic carbocycles. The van der Waals surface area contributed by atoms with Crippen molar-refractivity contribution in [1.29, 1.82) is 0 Å². The van der Waals surface area contributed by atoms with Crippen molar-refractivity contribution in [3.8, 4) is 0 Å². The zero-order valence-electron chi connectivity index (χ0n) is 16.3. The van der Waals surface area contributed by atoms with Crippen LogP contribution in [0.5, 0.6) is 0 Å². The Morgan fingerprint density at radius 2 is 1.80 bits per heavy atom. The molecule has 0 saturated heterocycles. The minimum Gasteiger partial charge on any atom is -0.344 e. The fraction of sp³-hybridized carbons (Fsp3) is 0.545. The smallest absolute Gasteiger partial charge is 0.275 e. The molecule has 0 heterocycles. The second-order valence-corrected chi connectivity index (χ2v) is 7.80. The molecule has 0 amide bonds. The summed E-state index contributed by atoms with van der Waals surface area (Å²) in [6.45, 7) is 10.9. The third-order valence-corrected chi connectivity index (χ3v) is 4.72. The second-order valence-electron chi connectivity index (χ2n) is 7.80. The van der Waals surface area contributed by atoms with E-state index in [2.05, 4.69) is 45.9 Å². The number of aliphatic hydroxyl groups is 3. The molecule has 25 heavy (non-hydrogen) atoms. The standard InChI is InChI=1S/C22H34O3/c1-17(11-7-16-22(23,24)25)9-6-10-18(2)13-14-20-19(3)12-8-15-21(20,4)5/h6,9-11,13-14,23-25H,7-8,12,15-16H2,1-5H3/b9-6+,14-13+,17-11+,18-10+. The average molecular weight is 347 g/mol. The van der Waals surface area contributed by atoms with E-state index in [-0.39, 0.29) is 11.8 Å². The van der Waals surface area contributed by atoms with Crippen molar-refractivity contribution in [1.82, 2.24) is 0 Å². The van der Waals surface area contributed by atoms with Gasteiger partial charge in [-0.1, -0.05) is 67.0 Å². The van der Waals surface area contributed by atoms with Gasteiger partial charge in [-0.15, -0.1) is 0 Å². The van der Waals surface area contributed by atoms with Gasteiger partial charge in [-0.3, -0.25) is 0 Å². The zero-order valence-corrected chi connectivity index (χ0v) is 16.3. The van der Waals surface area contributed by atoms with E-state index in [0.717, 1.165) is 5.57 Å². The molecule has 3 heteroatoms. The van der Waals surface area contributed by atoms with Gasteiger partial charge >= 0.3 is 0 Å². The van der Waals surface area contributed by atoms with Crippen LogP contribution in [0.1, 0.15) is 66.7 Å². The fourth-order valence-corrected chi connectivity index (χ4v) is 3.19. The molecule has 0 aromatic heterocycles. The first kappa shape index (κ1) is 21.6. The zero-order chi connectivity index (χ0) is 19.1. The van der Waals surface area contributed by atoms with E-state index in [0.29, 0.717) is 6.42 Å². The molecule has 0 saturated carbocycles. The first-order valence-corrected chi connectivity index (χ1v) is 9.08. The molecule has 0 radical (unpaired) electrons. The Labute approximate surface area is 152 Å². The van der Waals surface area contributed by atoms with Crippen molar-refractivity contribution in [2.45, 2.75) is 72.7 Å². The Hall–Kier alpha value is -1.42. The van der Waals surface area contributed by atoms with Gasteiger partial charge in [0.2, 0.25) is 0 Å². The molecule has 0 spiro atoms. The van der Waals surface area contributed by atoms with Gasteiger partial charge in [-0.25, -0.2) is 0 Å². The SMILES string of the molecule is CC1=C(/C=C/C(C)=C/C=C/C(C)=C/CCC(O)(O)O)C(C)(C)CCC1. The first-order valence-electron chi connectivity index (χ1n) is 9.08. The van der Waals surface area contributed by atoms with Gasteiger partial charge in [-0.2, -0.15) is 0 Å². The fourth-order valence-electron chi connectivity index (χ4n) is 3.19. The molecule has 3 nitrogen and oxygen atoms in total. The van der Waals surface area contributed by atoms with Crippen LogP contribution < -0.4 is 0 Å². The van der Waals surface area contributed by atoms with Crippen LogP contribution in [0.25, 0.3) is 0 Å². The summed E-state index contributed by atoms with van der Waals surface area (Å²) in [4.78, 5) is 0. The normalized spacial score (nSPS) is 20.2. The monoisotopic (exact) mass is 346 g/mol. The van der Waals surface area contributed by atoms with Crippen LogP contribution in [0.4, 0.5) is 0 Å². The Morgan fingerprint density at radius 1 is 1.12 bits per heavy atom. The van der Waals surface area contributed by atoms with Crippen molar-refractivity contribution in [3.05, 3.63) is 58.7 Å². The topological polar surface area (TPSA) is 60.7 Å². The summed E-state index contributed by atoms with van der Waals surface area (Å²) in [5.41, 5.74) is 5.43. The van der Waals surface area contributed by atoms with Gasteiger partial charge in [0.15, 0.2) is 0 Å². The lowest BCUT2D eigenvalue weighted by Crippen LogP contribution is -2.26. The van der Waals surface area contributed by atoms with Crippen molar-refractivity contribution in [2.75, 3.05) is 0 Å². The predicted octanol–water partition coefficient (Wildman–Crippen LogP) is 4.93. The lowest BCUT2D eigenvalue weighted by molar-refractivity contribution is -0.313. The second kappa shape index (κ2) is 9.33. The highest BCUT2D eigenvalue weighted by Gasteiger charge is 2.26. The molecular weight excluding hydrogens is 312 g/mol. The lowest BCUT2D eigenvalue weighted by atomic mass is 9.72. The third-order valence-electron chi connectivity index (χ3n) is 4.72. The van der Waals surface area contributed by atoms with E-state index in [1.807, 2.05) is 25.2 Å². The maximum atomic E-state index is 8.84. The Bertz CT molecular complexity index is 593. The van der Waals surface area contributed by atoms with Crippen LogP contribution in [0.2, 0.25) is 0 Å². The van der Waals surface area contributed by atoms with Gasteiger partial charge in [-0.05, 0) is 57.4 Å². The molecule has 1 aliphatic carbocycles. The number of hydrogen-bond acceptors (Lipinski definition) is 3. The van der Waals surface area contributed by atoms with E-state index >= 15 is 0 Å². The van der Waals surface area contributed by atoms with E-state index in [9.17, 15) is 0 Å². The largest absolute Gasteiger partial charge is 0.344 e. The van der Waals surface area contributed by atoms with Crippen molar-refractivity contribution >= 4 is 0 Å². The van der Waals surface area contributed by atoms with Crippen LogP contribution in [-0.2, 0) is 0 Å². The number of rotatable bonds is 7. The van der Waals surface area contributed by atoms with Crippen LogP contribution in [-0.4, -0.2) is 21.3 Å². The van der Waals surface area contributed by atoms with Gasteiger partial charge in [0.25, 0.3) is 5.97 Å². The van der Waals surface area contributed by atoms with Crippen LogP contribution in [0, 0.1) is 5.41 Å². The van der Waals surface area contributed by atoms with Crippen molar-refractivity contribution in [2.24, 2.45) is 5.41 Å².